The van der Waals surface area contributed by atoms with E-state index >= 15 is 0 Å². The standard InChI is InChI=1S/C24H27NO7/c25-11-16-4-3-15(24-23(29)22(28)21(27)20(12-26)32-24)10-17(16)9-14-1-5-18(6-2-14)31-19-7-8-30-13-19/h1-6,10,19-24,26-29H,7-9,12-13H2/t19-,20-,21-,22?,23-,24+/m1/s1. The van der Waals surface area contributed by atoms with E-state index in [0.717, 1.165) is 23.3 Å². The molecule has 32 heavy (non-hydrogen) atoms. The predicted molar refractivity (Wildman–Crippen MR) is 113 cm³/mol. The van der Waals surface area contributed by atoms with Gasteiger partial charge >= 0.3 is 0 Å². The minimum atomic E-state index is -1.46. The molecule has 0 bridgehead atoms. The van der Waals surface area contributed by atoms with E-state index < -0.39 is 37.1 Å². The van der Waals surface area contributed by atoms with Gasteiger partial charge in [0.15, 0.2) is 0 Å². The van der Waals surface area contributed by atoms with Crippen LogP contribution in [0.15, 0.2) is 42.5 Å². The zero-order valence-electron chi connectivity index (χ0n) is 17.5. The normalized spacial score (nSPS) is 30.1. The summed E-state index contributed by atoms with van der Waals surface area (Å²) in [5, 5.41) is 49.5. The SMILES string of the molecule is N#Cc1ccc([C@@H]2O[C@H](CO)[C@@H](O)C(O)[C@H]2O)cc1Cc1ccc(O[C@@H]2CCOC2)cc1. The number of aliphatic hydroxyl groups is 4. The van der Waals surface area contributed by atoms with Gasteiger partial charge in [0.2, 0.25) is 0 Å². The fourth-order valence-corrected chi connectivity index (χ4v) is 4.13. The van der Waals surface area contributed by atoms with Gasteiger partial charge in [-0.1, -0.05) is 24.3 Å². The summed E-state index contributed by atoms with van der Waals surface area (Å²) in [6.07, 6.45) is -4.76. The zero-order chi connectivity index (χ0) is 22.7. The van der Waals surface area contributed by atoms with Gasteiger partial charge in [0, 0.05) is 6.42 Å². The lowest BCUT2D eigenvalue weighted by atomic mass is 9.89. The van der Waals surface area contributed by atoms with Gasteiger partial charge in [-0.15, -0.1) is 0 Å². The Balaban J connectivity index is 1.53. The van der Waals surface area contributed by atoms with Crippen molar-refractivity contribution >= 4 is 0 Å². The number of hydrogen-bond acceptors (Lipinski definition) is 8. The van der Waals surface area contributed by atoms with Crippen molar-refractivity contribution in [1.82, 2.24) is 0 Å². The Kier molecular flexibility index (Phi) is 7.06. The van der Waals surface area contributed by atoms with E-state index in [1.165, 1.54) is 0 Å². The third kappa shape index (κ3) is 4.79. The Morgan fingerprint density at radius 3 is 2.47 bits per heavy atom. The van der Waals surface area contributed by atoms with Gasteiger partial charge in [-0.25, -0.2) is 0 Å². The fraction of sp³-hybridized carbons (Fsp3) is 0.458. The lowest BCUT2D eigenvalue weighted by Gasteiger charge is -2.40. The molecule has 0 radical (unpaired) electrons. The molecule has 2 fully saturated rings. The predicted octanol–water partition coefficient (Wildman–Crippen LogP) is 0.832. The molecule has 2 aromatic carbocycles. The fourth-order valence-electron chi connectivity index (χ4n) is 4.13. The molecule has 8 heteroatoms. The Labute approximate surface area is 186 Å². The summed E-state index contributed by atoms with van der Waals surface area (Å²) in [4.78, 5) is 0. The molecule has 0 aromatic heterocycles. The van der Waals surface area contributed by atoms with Gasteiger partial charge < -0.3 is 34.6 Å². The van der Waals surface area contributed by atoms with Crippen molar-refractivity contribution in [2.45, 2.75) is 49.5 Å². The first-order chi connectivity index (χ1) is 15.5. The molecule has 4 N–H and O–H groups in total. The summed E-state index contributed by atoms with van der Waals surface area (Å²) in [5.74, 6) is 0.764. The van der Waals surface area contributed by atoms with Crippen LogP contribution in [0.3, 0.4) is 0 Å². The molecular formula is C24H27NO7. The van der Waals surface area contributed by atoms with Crippen LogP contribution in [-0.4, -0.2) is 70.8 Å². The van der Waals surface area contributed by atoms with Crippen LogP contribution in [0.4, 0.5) is 0 Å². The van der Waals surface area contributed by atoms with Crippen LogP contribution >= 0.6 is 0 Å². The molecule has 2 aromatic rings. The van der Waals surface area contributed by atoms with Crippen LogP contribution in [0.2, 0.25) is 0 Å². The van der Waals surface area contributed by atoms with Crippen LogP contribution in [0.5, 0.6) is 5.75 Å². The Morgan fingerprint density at radius 1 is 1.03 bits per heavy atom. The van der Waals surface area contributed by atoms with Crippen molar-refractivity contribution in [1.29, 1.82) is 5.26 Å². The van der Waals surface area contributed by atoms with E-state index in [9.17, 15) is 25.7 Å². The van der Waals surface area contributed by atoms with Crippen LogP contribution < -0.4 is 4.74 Å². The third-order valence-corrected chi connectivity index (χ3v) is 5.98. The average Bonchev–Trinajstić information content (AvgIpc) is 3.32. The average molecular weight is 441 g/mol. The molecule has 2 saturated heterocycles. The molecule has 170 valence electrons. The van der Waals surface area contributed by atoms with Gasteiger partial charge in [0.05, 0.1) is 31.5 Å². The van der Waals surface area contributed by atoms with Crippen molar-refractivity contribution in [3.63, 3.8) is 0 Å². The first kappa shape index (κ1) is 22.7. The molecule has 6 atom stereocenters. The van der Waals surface area contributed by atoms with E-state index in [1.54, 1.807) is 18.2 Å². The van der Waals surface area contributed by atoms with E-state index in [2.05, 4.69) is 6.07 Å². The lowest BCUT2D eigenvalue weighted by molar-refractivity contribution is -0.231. The second kappa shape index (κ2) is 9.96. The van der Waals surface area contributed by atoms with Crippen molar-refractivity contribution in [2.24, 2.45) is 0 Å². The Morgan fingerprint density at radius 2 is 1.81 bits per heavy atom. The summed E-state index contributed by atoms with van der Waals surface area (Å²) >= 11 is 0. The number of benzene rings is 2. The van der Waals surface area contributed by atoms with Crippen molar-refractivity contribution in [2.75, 3.05) is 19.8 Å². The summed E-state index contributed by atoms with van der Waals surface area (Å²) < 4.78 is 16.9. The molecule has 4 rings (SSSR count). The van der Waals surface area contributed by atoms with Crippen LogP contribution in [0.1, 0.15) is 34.8 Å². The minimum absolute atomic E-state index is 0.0706. The maximum Gasteiger partial charge on any atom is 0.124 e. The third-order valence-electron chi connectivity index (χ3n) is 5.98. The van der Waals surface area contributed by atoms with Gasteiger partial charge in [-0.3, -0.25) is 0 Å². The highest BCUT2D eigenvalue weighted by atomic mass is 16.5. The highest BCUT2D eigenvalue weighted by molar-refractivity contribution is 5.44. The molecule has 0 saturated carbocycles. The van der Waals surface area contributed by atoms with Gasteiger partial charge in [0.25, 0.3) is 0 Å². The summed E-state index contributed by atoms with van der Waals surface area (Å²) in [5.41, 5.74) is 2.75. The highest BCUT2D eigenvalue weighted by Crippen LogP contribution is 2.33. The molecule has 2 aliphatic heterocycles. The first-order valence-corrected chi connectivity index (χ1v) is 10.7. The van der Waals surface area contributed by atoms with Gasteiger partial charge in [-0.2, -0.15) is 5.26 Å². The largest absolute Gasteiger partial charge is 0.488 e. The Hall–Kier alpha value is -2.51. The van der Waals surface area contributed by atoms with E-state index in [-0.39, 0.29) is 6.10 Å². The van der Waals surface area contributed by atoms with E-state index in [4.69, 9.17) is 14.2 Å². The van der Waals surface area contributed by atoms with Crippen LogP contribution in [0, 0.1) is 11.3 Å². The number of ether oxygens (including phenoxy) is 3. The molecule has 2 aliphatic rings. The smallest absolute Gasteiger partial charge is 0.124 e. The quantitative estimate of drug-likeness (QED) is 0.518. The topological polar surface area (TPSA) is 132 Å². The molecule has 0 spiro atoms. The van der Waals surface area contributed by atoms with E-state index in [0.29, 0.717) is 30.8 Å². The van der Waals surface area contributed by atoms with Gasteiger partial charge in [-0.05, 0) is 41.3 Å². The summed E-state index contributed by atoms with van der Waals surface area (Å²) in [6, 6.07) is 14.9. The lowest BCUT2D eigenvalue weighted by Crippen LogP contribution is -2.55. The molecule has 0 aliphatic carbocycles. The zero-order valence-corrected chi connectivity index (χ0v) is 17.5. The van der Waals surface area contributed by atoms with E-state index in [1.807, 2.05) is 24.3 Å². The monoisotopic (exact) mass is 441 g/mol. The van der Waals surface area contributed by atoms with Crippen molar-refractivity contribution < 1.29 is 34.6 Å². The maximum atomic E-state index is 10.4. The maximum absolute atomic E-state index is 10.4. The number of nitrogens with zero attached hydrogens (tertiary/aromatic N) is 1. The first-order valence-electron chi connectivity index (χ1n) is 10.7. The Bertz CT molecular complexity index is 950. The highest BCUT2D eigenvalue weighted by Gasteiger charge is 2.44. The molecule has 0 amide bonds. The van der Waals surface area contributed by atoms with Crippen molar-refractivity contribution in [3.8, 4) is 11.8 Å². The molecule has 8 nitrogen and oxygen atoms in total. The van der Waals surface area contributed by atoms with Crippen molar-refractivity contribution in [3.05, 3.63) is 64.7 Å². The molecule has 1 unspecified atom stereocenters. The van der Waals surface area contributed by atoms with Crippen LogP contribution in [-0.2, 0) is 15.9 Å². The number of nitriles is 1. The second-order valence-corrected chi connectivity index (χ2v) is 8.20. The summed E-state index contributed by atoms with van der Waals surface area (Å²) in [6.45, 7) is 0.814. The summed E-state index contributed by atoms with van der Waals surface area (Å²) in [7, 11) is 0. The van der Waals surface area contributed by atoms with Gasteiger partial charge in [0.1, 0.15) is 42.4 Å². The number of aliphatic hydroxyl groups excluding tert-OH is 4. The number of hydrogen-bond donors (Lipinski definition) is 4. The second-order valence-electron chi connectivity index (χ2n) is 8.20. The number of rotatable bonds is 6. The minimum Gasteiger partial charge on any atom is -0.488 e. The molecular weight excluding hydrogens is 414 g/mol. The van der Waals surface area contributed by atoms with Crippen LogP contribution in [0.25, 0.3) is 0 Å². The molecule has 2 heterocycles.